The van der Waals surface area contributed by atoms with Crippen LogP contribution in [0.2, 0.25) is 0 Å². The number of allylic oxidation sites excluding steroid dienone is 4. The lowest BCUT2D eigenvalue weighted by molar-refractivity contribution is -0.161. The highest BCUT2D eigenvalue weighted by atomic mass is 31.2. The van der Waals surface area contributed by atoms with Crippen LogP contribution < -0.4 is 0 Å². The number of phosphoric acid groups is 1. The molecule has 0 rings (SSSR count). The zero-order valence-electron chi connectivity index (χ0n) is 41.8. The minimum Gasteiger partial charge on any atom is -0.462 e. The molecule has 0 saturated carbocycles. The maximum absolute atomic E-state index is 12.7. The van der Waals surface area contributed by atoms with Crippen molar-refractivity contribution in [1.82, 2.24) is 4.90 Å². The average Bonchev–Trinajstić information content (AvgIpc) is 3.25. The van der Waals surface area contributed by atoms with Crippen molar-refractivity contribution in [2.24, 2.45) is 0 Å². The van der Waals surface area contributed by atoms with E-state index in [2.05, 4.69) is 38.2 Å². The van der Waals surface area contributed by atoms with E-state index in [4.69, 9.17) is 18.5 Å². The van der Waals surface area contributed by atoms with Crippen LogP contribution >= 0.6 is 7.82 Å². The monoisotopic (exact) mass is 912 g/mol. The van der Waals surface area contributed by atoms with Crippen molar-refractivity contribution in [3.63, 3.8) is 0 Å². The summed E-state index contributed by atoms with van der Waals surface area (Å²) in [7, 11) is -0.706. The molecule has 0 aliphatic rings. The molecule has 0 aliphatic carbocycles. The van der Waals surface area contributed by atoms with Crippen LogP contribution in [-0.4, -0.2) is 68.3 Å². The van der Waals surface area contributed by atoms with Crippen molar-refractivity contribution >= 4 is 19.8 Å². The zero-order valence-corrected chi connectivity index (χ0v) is 42.7. The van der Waals surface area contributed by atoms with Gasteiger partial charge >= 0.3 is 19.8 Å². The standard InChI is InChI=1S/C53H102NO8P/c1-5-7-9-11-13-15-17-19-21-23-25-26-28-29-31-33-35-37-39-41-43-45-52(55)59-49-51(50-61-63(57,58)60-48-47-54(3)4)62-53(56)46-44-42-40-38-36-34-32-30-27-24-22-20-18-16-14-12-10-8-6-2/h19-22,51H,5-18,23-50H2,1-4H3,(H,57,58)/b21-19-,22-20-. The number of unbranched alkanes of at least 4 members (excludes halogenated alkanes) is 32. The van der Waals surface area contributed by atoms with Gasteiger partial charge in [0.25, 0.3) is 0 Å². The van der Waals surface area contributed by atoms with Crippen LogP contribution in [-0.2, 0) is 32.7 Å². The molecule has 0 aromatic heterocycles. The molecule has 1 N–H and O–H groups in total. The number of rotatable bonds is 50. The van der Waals surface area contributed by atoms with Gasteiger partial charge in [-0.15, -0.1) is 0 Å². The van der Waals surface area contributed by atoms with Gasteiger partial charge in [0.05, 0.1) is 13.2 Å². The van der Waals surface area contributed by atoms with Gasteiger partial charge in [0, 0.05) is 19.4 Å². The first-order chi connectivity index (χ1) is 30.7. The molecule has 0 amide bonds. The van der Waals surface area contributed by atoms with Crippen molar-refractivity contribution in [2.75, 3.05) is 40.5 Å². The summed E-state index contributed by atoms with van der Waals surface area (Å²) in [5, 5.41) is 0. The number of carbonyl (C=O) groups excluding carboxylic acids is 2. The van der Waals surface area contributed by atoms with Crippen molar-refractivity contribution in [2.45, 2.75) is 264 Å². The summed E-state index contributed by atoms with van der Waals surface area (Å²) in [5.41, 5.74) is 0. The third-order valence-corrected chi connectivity index (χ3v) is 12.7. The summed E-state index contributed by atoms with van der Waals surface area (Å²) in [6.07, 6.45) is 53.7. The van der Waals surface area contributed by atoms with Crippen molar-refractivity contribution in [1.29, 1.82) is 0 Å². The molecule has 0 radical (unpaired) electrons. The van der Waals surface area contributed by atoms with Crippen LogP contribution in [0.3, 0.4) is 0 Å². The van der Waals surface area contributed by atoms with E-state index in [9.17, 15) is 19.0 Å². The SMILES string of the molecule is CCCCCCCC/C=C\CCCCCCCCCCCCCC(=O)OCC(COP(=O)(O)OCCN(C)C)OC(=O)CCCCCCCCCCC/C=C\CCCCCCCC. The second kappa shape index (κ2) is 48.4. The Morgan fingerprint density at radius 1 is 0.476 bits per heavy atom. The van der Waals surface area contributed by atoms with Gasteiger partial charge in [-0.25, -0.2) is 4.57 Å². The summed E-state index contributed by atoms with van der Waals surface area (Å²) >= 11 is 0. The van der Waals surface area contributed by atoms with Crippen LogP contribution in [0.15, 0.2) is 24.3 Å². The quantitative estimate of drug-likeness (QED) is 0.0276. The van der Waals surface area contributed by atoms with Crippen molar-refractivity contribution in [3.05, 3.63) is 24.3 Å². The van der Waals surface area contributed by atoms with Gasteiger partial charge in [-0.2, -0.15) is 0 Å². The molecule has 0 saturated heterocycles. The molecule has 0 fully saturated rings. The number of nitrogens with zero attached hydrogens (tertiary/aromatic N) is 1. The van der Waals surface area contributed by atoms with E-state index in [-0.39, 0.29) is 25.6 Å². The number of phosphoric ester groups is 1. The van der Waals surface area contributed by atoms with Gasteiger partial charge in [-0.05, 0) is 78.3 Å². The third-order valence-electron chi connectivity index (χ3n) is 11.7. The molecule has 0 spiro atoms. The van der Waals surface area contributed by atoms with E-state index in [0.29, 0.717) is 19.4 Å². The maximum Gasteiger partial charge on any atom is 0.472 e. The number of ether oxygens (including phenoxy) is 2. The molecule has 0 bridgehead atoms. The fourth-order valence-corrected chi connectivity index (χ4v) is 8.36. The zero-order chi connectivity index (χ0) is 46.2. The van der Waals surface area contributed by atoms with Gasteiger partial charge in [-0.3, -0.25) is 18.6 Å². The Labute approximate surface area is 389 Å². The average molecular weight is 912 g/mol. The number of hydrogen-bond acceptors (Lipinski definition) is 8. The summed E-state index contributed by atoms with van der Waals surface area (Å²) in [5.74, 6) is -0.793. The minimum absolute atomic E-state index is 0.00883. The highest BCUT2D eigenvalue weighted by molar-refractivity contribution is 7.47. The lowest BCUT2D eigenvalue weighted by Crippen LogP contribution is -2.29. The van der Waals surface area contributed by atoms with Gasteiger partial charge in [-0.1, -0.05) is 205 Å². The normalized spacial score (nSPS) is 13.4. The highest BCUT2D eigenvalue weighted by Crippen LogP contribution is 2.43. The Balaban J connectivity index is 4.13. The molecule has 0 heterocycles. The number of likely N-dealkylation sites (N-methyl/N-ethyl adjacent to an activating group) is 1. The van der Waals surface area contributed by atoms with E-state index in [0.717, 1.165) is 38.5 Å². The summed E-state index contributed by atoms with van der Waals surface area (Å²) in [6, 6.07) is 0. The smallest absolute Gasteiger partial charge is 0.462 e. The predicted octanol–water partition coefficient (Wildman–Crippen LogP) is 16.1. The summed E-state index contributed by atoms with van der Waals surface area (Å²) < 4.78 is 33.7. The molecule has 2 unspecified atom stereocenters. The highest BCUT2D eigenvalue weighted by Gasteiger charge is 2.26. The number of esters is 2. The second-order valence-corrected chi connectivity index (χ2v) is 19.9. The predicted molar refractivity (Wildman–Crippen MR) is 266 cm³/mol. The fourth-order valence-electron chi connectivity index (χ4n) is 7.62. The van der Waals surface area contributed by atoms with Gasteiger partial charge in [0.2, 0.25) is 0 Å². The third kappa shape index (κ3) is 49.8. The van der Waals surface area contributed by atoms with E-state index in [1.165, 1.54) is 186 Å². The van der Waals surface area contributed by atoms with Gasteiger partial charge < -0.3 is 19.3 Å². The lowest BCUT2D eigenvalue weighted by Gasteiger charge is -2.20. The molecular formula is C53H102NO8P. The number of hydrogen-bond donors (Lipinski definition) is 1. The maximum atomic E-state index is 12.7. The first-order valence-corrected chi connectivity index (χ1v) is 28.1. The minimum atomic E-state index is -4.37. The Morgan fingerprint density at radius 2 is 0.810 bits per heavy atom. The Bertz CT molecular complexity index is 1100. The topological polar surface area (TPSA) is 112 Å². The largest absolute Gasteiger partial charge is 0.472 e. The van der Waals surface area contributed by atoms with E-state index < -0.39 is 26.5 Å². The first kappa shape index (κ1) is 61.5. The van der Waals surface area contributed by atoms with Crippen LogP contribution in [0, 0.1) is 0 Å². The van der Waals surface area contributed by atoms with Crippen molar-refractivity contribution < 1.29 is 37.6 Å². The fraction of sp³-hybridized carbons (Fsp3) is 0.887. The van der Waals surface area contributed by atoms with Gasteiger partial charge in [0.15, 0.2) is 6.10 Å². The molecule has 9 nitrogen and oxygen atoms in total. The summed E-state index contributed by atoms with van der Waals surface area (Å²) in [6.45, 7) is 4.36. The second-order valence-electron chi connectivity index (χ2n) is 18.4. The molecule has 2 atom stereocenters. The van der Waals surface area contributed by atoms with Crippen molar-refractivity contribution in [3.8, 4) is 0 Å². The van der Waals surface area contributed by atoms with Crippen LogP contribution in [0.1, 0.15) is 258 Å². The van der Waals surface area contributed by atoms with Crippen LogP contribution in [0.25, 0.3) is 0 Å². The lowest BCUT2D eigenvalue weighted by atomic mass is 10.0. The van der Waals surface area contributed by atoms with E-state index in [1.54, 1.807) is 0 Å². The molecule has 0 aliphatic heterocycles. The molecular weight excluding hydrogens is 810 g/mol. The van der Waals surface area contributed by atoms with Gasteiger partial charge in [0.1, 0.15) is 6.61 Å². The molecule has 0 aromatic carbocycles. The number of carbonyl (C=O) groups is 2. The Kier molecular flexibility index (Phi) is 47.3. The van der Waals surface area contributed by atoms with Crippen LogP contribution in [0.5, 0.6) is 0 Å². The molecule has 10 heteroatoms. The Morgan fingerprint density at radius 3 is 1.17 bits per heavy atom. The molecule has 372 valence electrons. The summed E-state index contributed by atoms with van der Waals surface area (Å²) in [4.78, 5) is 37.3. The molecule has 63 heavy (non-hydrogen) atoms. The molecule has 0 aromatic rings. The Hall–Kier alpha value is -1.51. The van der Waals surface area contributed by atoms with E-state index >= 15 is 0 Å². The van der Waals surface area contributed by atoms with Crippen LogP contribution in [0.4, 0.5) is 0 Å². The first-order valence-electron chi connectivity index (χ1n) is 26.6. The van der Waals surface area contributed by atoms with E-state index in [1.807, 2.05) is 19.0 Å².